The van der Waals surface area contributed by atoms with Gasteiger partial charge in [-0.15, -0.1) is 5.11 Å². The monoisotopic (exact) mass is 523 g/mol. The van der Waals surface area contributed by atoms with E-state index in [1.165, 1.54) is 13.2 Å². The molecule has 0 N–H and O–H groups in total. The summed E-state index contributed by atoms with van der Waals surface area (Å²) in [5.41, 5.74) is 3.50. The van der Waals surface area contributed by atoms with Crippen LogP contribution in [0.25, 0.3) is 0 Å². The molecule has 4 rings (SSSR count). The van der Waals surface area contributed by atoms with Crippen molar-refractivity contribution < 1.29 is 19.1 Å². The quantitative estimate of drug-likeness (QED) is 0.308. The third-order valence-electron chi connectivity index (χ3n) is 5.97. The zero-order valence-electron chi connectivity index (χ0n) is 18.8. The number of nitrogens with zero attached hydrogens (tertiary/aromatic N) is 5. The molecule has 2 aromatic rings. The number of aryl methyl sites for hydroxylation is 1. The van der Waals surface area contributed by atoms with Crippen LogP contribution >= 0.6 is 15.9 Å². The second kappa shape index (κ2) is 9.73. The number of nitriles is 1. The number of methoxy groups -OCH3 is 1. The highest BCUT2D eigenvalue weighted by molar-refractivity contribution is 9.10. The predicted octanol–water partition coefficient (Wildman–Crippen LogP) is 4.67. The molecule has 9 nitrogen and oxygen atoms in total. The Morgan fingerprint density at radius 1 is 1.24 bits per heavy atom. The first-order valence-electron chi connectivity index (χ1n) is 10.9. The molecule has 2 aliphatic rings. The van der Waals surface area contributed by atoms with Crippen molar-refractivity contribution >= 4 is 50.8 Å². The van der Waals surface area contributed by atoms with Gasteiger partial charge in [-0.1, -0.05) is 0 Å². The minimum atomic E-state index is -0.422. The van der Waals surface area contributed by atoms with Crippen LogP contribution in [0.3, 0.4) is 0 Å². The van der Waals surface area contributed by atoms with E-state index in [4.69, 9.17) is 4.74 Å². The summed E-state index contributed by atoms with van der Waals surface area (Å²) in [5, 5.41) is 18.2. The summed E-state index contributed by atoms with van der Waals surface area (Å²) >= 11 is 3.38. The van der Waals surface area contributed by atoms with E-state index in [-0.39, 0.29) is 39.4 Å². The first kappa shape index (κ1) is 23.6. The number of carbonyl (C=O) groups is 3. The van der Waals surface area contributed by atoms with Gasteiger partial charge < -0.3 is 9.64 Å². The Kier molecular flexibility index (Phi) is 6.75. The average molecular weight is 524 g/mol. The Hall–Kier alpha value is -3.58. The van der Waals surface area contributed by atoms with Crippen LogP contribution in [0.4, 0.5) is 17.1 Å². The fourth-order valence-electron chi connectivity index (χ4n) is 4.25. The molecular formula is C24H22BrN5O4. The summed E-state index contributed by atoms with van der Waals surface area (Å²) < 4.78 is 5.03. The SMILES string of the molecule is CCN1C(=O)c2cc(C#N)c(/N=N/c3ccc4c(c3)CCCN4CCC(=O)OC)c(Br)c2C1=O. The van der Waals surface area contributed by atoms with Gasteiger partial charge in [-0.3, -0.25) is 19.3 Å². The number of anilines is 1. The van der Waals surface area contributed by atoms with Crippen LogP contribution in [0.1, 0.15) is 51.6 Å². The molecule has 2 amide bonds. The van der Waals surface area contributed by atoms with Crippen molar-refractivity contribution in [3.05, 3.63) is 51.0 Å². The van der Waals surface area contributed by atoms with Gasteiger partial charge in [-0.05, 0) is 65.5 Å². The van der Waals surface area contributed by atoms with Gasteiger partial charge in [0.05, 0.1) is 40.4 Å². The fourth-order valence-corrected chi connectivity index (χ4v) is 4.93. The van der Waals surface area contributed by atoms with Crippen molar-refractivity contribution in [2.75, 3.05) is 31.6 Å². The van der Waals surface area contributed by atoms with E-state index in [1.54, 1.807) is 6.92 Å². The summed E-state index contributed by atoms with van der Waals surface area (Å²) in [6.07, 6.45) is 2.15. The third-order valence-corrected chi connectivity index (χ3v) is 6.74. The highest BCUT2D eigenvalue weighted by Gasteiger charge is 2.38. The molecule has 0 bridgehead atoms. The third kappa shape index (κ3) is 4.19. The molecular weight excluding hydrogens is 502 g/mol. The lowest BCUT2D eigenvalue weighted by molar-refractivity contribution is -0.140. The lowest BCUT2D eigenvalue weighted by atomic mass is 10.0. The van der Waals surface area contributed by atoms with Crippen molar-refractivity contribution in [1.29, 1.82) is 5.26 Å². The maximum atomic E-state index is 12.7. The Morgan fingerprint density at radius 2 is 2.03 bits per heavy atom. The van der Waals surface area contributed by atoms with Crippen molar-refractivity contribution in [2.45, 2.75) is 26.2 Å². The Balaban J connectivity index is 1.64. The zero-order valence-corrected chi connectivity index (χ0v) is 20.4. The van der Waals surface area contributed by atoms with Crippen LogP contribution in [0.15, 0.2) is 39.0 Å². The van der Waals surface area contributed by atoms with Crippen molar-refractivity contribution in [3.63, 3.8) is 0 Å². The first-order chi connectivity index (χ1) is 16.4. The van der Waals surface area contributed by atoms with Crippen LogP contribution in [-0.4, -0.2) is 49.4 Å². The van der Waals surface area contributed by atoms with Gasteiger partial charge in [-0.2, -0.15) is 10.4 Å². The van der Waals surface area contributed by atoms with Gasteiger partial charge in [-0.25, -0.2) is 0 Å². The van der Waals surface area contributed by atoms with E-state index in [9.17, 15) is 19.6 Å². The summed E-state index contributed by atoms with van der Waals surface area (Å²) in [6, 6.07) is 9.15. The lowest BCUT2D eigenvalue weighted by Gasteiger charge is -2.31. The van der Waals surface area contributed by atoms with Gasteiger partial charge in [0.2, 0.25) is 0 Å². The highest BCUT2D eigenvalue weighted by atomic mass is 79.9. The summed E-state index contributed by atoms with van der Waals surface area (Å²) in [4.78, 5) is 40.0. The number of ether oxygens (including phenoxy) is 1. The van der Waals surface area contributed by atoms with Gasteiger partial charge in [0, 0.05) is 25.3 Å². The van der Waals surface area contributed by atoms with Crippen LogP contribution in [-0.2, 0) is 16.0 Å². The number of hydrogen-bond donors (Lipinski definition) is 0. The van der Waals surface area contributed by atoms with E-state index < -0.39 is 11.8 Å². The van der Waals surface area contributed by atoms with Crippen LogP contribution < -0.4 is 4.90 Å². The summed E-state index contributed by atoms with van der Waals surface area (Å²) in [7, 11) is 1.38. The Morgan fingerprint density at radius 3 is 2.74 bits per heavy atom. The maximum Gasteiger partial charge on any atom is 0.307 e. The molecule has 0 atom stereocenters. The van der Waals surface area contributed by atoms with Crippen molar-refractivity contribution in [2.24, 2.45) is 10.2 Å². The molecule has 0 saturated carbocycles. The number of benzene rings is 2. The number of hydrogen-bond acceptors (Lipinski definition) is 8. The van der Waals surface area contributed by atoms with E-state index >= 15 is 0 Å². The number of fused-ring (bicyclic) bond motifs is 2. The largest absolute Gasteiger partial charge is 0.469 e. The number of carbonyl (C=O) groups excluding carboxylic acids is 3. The number of imide groups is 1. The lowest BCUT2D eigenvalue weighted by Crippen LogP contribution is -2.31. The average Bonchev–Trinajstić information content (AvgIpc) is 3.10. The summed E-state index contributed by atoms with van der Waals surface area (Å²) in [6.45, 7) is 3.40. The van der Waals surface area contributed by atoms with E-state index in [1.807, 2.05) is 24.3 Å². The van der Waals surface area contributed by atoms with Crippen LogP contribution in [0.5, 0.6) is 0 Å². The van der Waals surface area contributed by atoms with Crippen LogP contribution in [0.2, 0.25) is 0 Å². The predicted molar refractivity (Wildman–Crippen MR) is 128 cm³/mol. The molecule has 34 heavy (non-hydrogen) atoms. The standard InChI is InChI=1S/C24H22BrN5O4/c1-3-30-23(32)17-12-15(13-26)22(21(25)20(17)24(30)33)28-27-16-6-7-18-14(11-16)5-4-9-29(18)10-8-19(31)34-2/h6-7,11-12H,3-5,8-10H2,1-2H3/b28-27+. The van der Waals surface area contributed by atoms with Crippen LogP contribution in [0, 0.1) is 11.3 Å². The smallest absolute Gasteiger partial charge is 0.307 e. The normalized spacial score (nSPS) is 14.9. The van der Waals surface area contributed by atoms with E-state index in [0.29, 0.717) is 18.7 Å². The molecule has 2 heterocycles. The van der Waals surface area contributed by atoms with E-state index in [0.717, 1.165) is 35.5 Å². The number of esters is 1. The molecule has 0 saturated heterocycles. The van der Waals surface area contributed by atoms with Crippen molar-refractivity contribution in [1.82, 2.24) is 4.90 Å². The first-order valence-corrected chi connectivity index (χ1v) is 11.7. The highest BCUT2D eigenvalue weighted by Crippen LogP contribution is 2.40. The fraction of sp³-hybridized carbons (Fsp3) is 0.333. The minimum absolute atomic E-state index is 0.153. The second-order valence-electron chi connectivity index (χ2n) is 7.91. The molecule has 0 aliphatic carbocycles. The number of azo groups is 1. The minimum Gasteiger partial charge on any atom is -0.469 e. The number of amides is 2. The number of rotatable bonds is 6. The van der Waals surface area contributed by atoms with Gasteiger partial charge in [0.15, 0.2) is 0 Å². The molecule has 0 radical (unpaired) electrons. The molecule has 2 aromatic carbocycles. The maximum absolute atomic E-state index is 12.7. The molecule has 0 unspecified atom stereocenters. The van der Waals surface area contributed by atoms with E-state index in [2.05, 4.69) is 31.1 Å². The second-order valence-corrected chi connectivity index (χ2v) is 8.70. The zero-order chi connectivity index (χ0) is 24.4. The molecule has 0 aromatic heterocycles. The van der Waals surface area contributed by atoms with Gasteiger partial charge in [0.25, 0.3) is 11.8 Å². The molecule has 2 aliphatic heterocycles. The van der Waals surface area contributed by atoms with Gasteiger partial charge in [0.1, 0.15) is 11.8 Å². The Labute approximate surface area is 205 Å². The Bertz CT molecular complexity index is 1270. The number of halogens is 1. The molecule has 0 spiro atoms. The molecule has 0 fully saturated rings. The van der Waals surface area contributed by atoms with Gasteiger partial charge >= 0.3 is 5.97 Å². The molecule has 174 valence electrons. The summed E-state index contributed by atoms with van der Waals surface area (Å²) in [5.74, 6) is -1.08. The topological polar surface area (TPSA) is 115 Å². The van der Waals surface area contributed by atoms with Crippen molar-refractivity contribution in [3.8, 4) is 6.07 Å². The molecule has 10 heteroatoms.